The van der Waals surface area contributed by atoms with Crippen molar-refractivity contribution in [3.63, 3.8) is 0 Å². The van der Waals surface area contributed by atoms with E-state index >= 15 is 0 Å². The number of rotatable bonds is 7. The Balaban J connectivity index is 0. The van der Waals surface area contributed by atoms with Gasteiger partial charge in [0.2, 0.25) is 10.0 Å². The van der Waals surface area contributed by atoms with Gasteiger partial charge in [0.05, 0.1) is 12.4 Å². The Morgan fingerprint density at radius 2 is 2.07 bits per heavy atom. The molecule has 7 heteroatoms. The quantitative estimate of drug-likeness (QED) is 0.686. The molecule has 4 nitrogen and oxygen atoms in total. The Labute approximate surface area is 90.9 Å². The molecule has 1 atom stereocenters. The van der Waals surface area contributed by atoms with Crippen molar-refractivity contribution in [2.24, 2.45) is 5.73 Å². The average molecular weight is 249 g/mol. The summed E-state index contributed by atoms with van der Waals surface area (Å²) >= 11 is 0. The molecule has 0 aliphatic rings. The average Bonchev–Trinajstić information content (AvgIpc) is 2.00. The first-order valence-corrected chi connectivity index (χ1v) is 5.92. The number of halogens is 2. The molecule has 0 amide bonds. The van der Waals surface area contributed by atoms with Gasteiger partial charge in [-0.2, -0.15) is 0 Å². The van der Waals surface area contributed by atoms with Gasteiger partial charge in [0.1, 0.15) is 0 Å². The molecule has 0 heterocycles. The third kappa shape index (κ3) is 10.2. The van der Waals surface area contributed by atoms with E-state index in [2.05, 4.69) is 4.72 Å². The van der Waals surface area contributed by atoms with Crippen LogP contribution in [0.5, 0.6) is 0 Å². The summed E-state index contributed by atoms with van der Waals surface area (Å²) in [6, 6.07) is -0.0242. The fourth-order valence-electron chi connectivity index (χ4n) is 0.759. The molecular weight excluding hydrogens is 231 g/mol. The van der Waals surface area contributed by atoms with E-state index < -0.39 is 16.7 Å². The van der Waals surface area contributed by atoms with Crippen LogP contribution in [0.1, 0.15) is 19.8 Å². The highest BCUT2D eigenvalue weighted by molar-refractivity contribution is 7.89. The van der Waals surface area contributed by atoms with Crippen molar-refractivity contribution >= 4 is 22.4 Å². The number of hydrogen-bond acceptors (Lipinski definition) is 3. The molecule has 0 aromatic heterocycles. The van der Waals surface area contributed by atoms with Crippen LogP contribution in [-0.4, -0.2) is 33.4 Å². The van der Waals surface area contributed by atoms with Gasteiger partial charge in [0, 0.05) is 12.6 Å². The Morgan fingerprint density at radius 1 is 1.50 bits per heavy atom. The van der Waals surface area contributed by atoms with E-state index in [4.69, 9.17) is 5.73 Å². The molecule has 88 valence electrons. The minimum absolute atomic E-state index is 0. The minimum Gasteiger partial charge on any atom is -0.328 e. The molecule has 0 saturated heterocycles. The highest BCUT2D eigenvalue weighted by Crippen LogP contribution is 1.91. The zero-order valence-corrected chi connectivity index (χ0v) is 9.83. The lowest BCUT2D eigenvalue weighted by molar-refractivity contribution is 0.482. The van der Waals surface area contributed by atoms with Crippen LogP contribution in [0.15, 0.2) is 0 Å². The summed E-state index contributed by atoms with van der Waals surface area (Å²) in [6.45, 7) is 1.52. The maximum absolute atomic E-state index is 11.7. The molecule has 0 aromatic rings. The highest BCUT2D eigenvalue weighted by atomic mass is 35.5. The molecule has 0 aromatic carbocycles. The van der Waals surface area contributed by atoms with Crippen LogP contribution < -0.4 is 10.5 Å². The highest BCUT2D eigenvalue weighted by Gasteiger charge is 2.08. The number of sulfonamides is 1. The molecular formula is C7H18ClFN2O2S. The van der Waals surface area contributed by atoms with Gasteiger partial charge in [-0.05, 0) is 19.8 Å². The largest absolute Gasteiger partial charge is 0.328 e. The van der Waals surface area contributed by atoms with Gasteiger partial charge in [0.25, 0.3) is 0 Å². The summed E-state index contributed by atoms with van der Waals surface area (Å²) in [5, 5.41) is 0. The van der Waals surface area contributed by atoms with Crippen LogP contribution in [0.4, 0.5) is 4.39 Å². The molecule has 1 unspecified atom stereocenters. The molecule has 0 radical (unpaired) electrons. The van der Waals surface area contributed by atoms with E-state index in [1.807, 2.05) is 0 Å². The molecule has 0 aliphatic heterocycles. The predicted octanol–water partition coefficient (Wildman–Crippen LogP) is 0.424. The topological polar surface area (TPSA) is 72.2 Å². The zero-order chi connectivity index (χ0) is 10.3. The molecule has 0 spiro atoms. The Kier molecular flexibility index (Phi) is 9.91. The monoisotopic (exact) mass is 248 g/mol. The van der Waals surface area contributed by atoms with Gasteiger partial charge in [-0.3, -0.25) is 4.39 Å². The summed E-state index contributed by atoms with van der Waals surface area (Å²) < 4.78 is 36.1. The van der Waals surface area contributed by atoms with Gasteiger partial charge in [0.15, 0.2) is 0 Å². The van der Waals surface area contributed by atoms with Gasteiger partial charge in [-0.1, -0.05) is 0 Å². The fraction of sp³-hybridized carbons (Fsp3) is 1.00. The van der Waals surface area contributed by atoms with E-state index in [0.29, 0.717) is 13.0 Å². The van der Waals surface area contributed by atoms with E-state index in [0.717, 1.165) is 0 Å². The van der Waals surface area contributed by atoms with Gasteiger partial charge < -0.3 is 5.73 Å². The lowest BCUT2D eigenvalue weighted by Crippen LogP contribution is -2.30. The number of nitrogens with one attached hydrogen (secondary N) is 1. The van der Waals surface area contributed by atoms with Crippen molar-refractivity contribution in [2.45, 2.75) is 25.8 Å². The minimum atomic E-state index is -3.28. The van der Waals surface area contributed by atoms with E-state index in [1.54, 1.807) is 6.92 Å². The summed E-state index contributed by atoms with van der Waals surface area (Å²) in [7, 11) is -3.28. The number of hydrogen-bond donors (Lipinski definition) is 2. The van der Waals surface area contributed by atoms with Crippen LogP contribution >= 0.6 is 12.4 Å². The lowest BCUT2D eigenvalue weighted by atomic mass is 10.3. The van der Waals surface area contributed by atoms with Crippen LogP contribution in [0.3, 0.4) is 0 Å². The third-order valence-corrected chi connectivity index (χ3v) is 2.94. The van der Waals surface area contributed by atoms with E-state index in [9.17, 15) is 12.8 Å². The maximum atomic E-state index is 11.7. The van der Waals surface area contributed by atoms with Crippen molar-refractivity contribution in [1.29, 1.82) is 0 Å². The fourth-order valence-corrected chi connectivity index (χ4v) is 1.82. The first-order valence-electron chi connectivity index (χ1n) is 4.27. The van der Waals surface area contributed by atoms with Crippen LogP contribution in [-0.2, 0) is 10.0 Å². The number of alkyl halides is 1. The SMILES string of the molecule is CC(N)CCNS(=O)(=O)CCCF.Cl. The smallest absolute Gasteiger partial charge is 0.211 e. The lowest BCUT2D eigenvalue weighted by Gasteiger charge is -2.07. The second kappa shape index (κ2) is 8.40. The third-order valence-electron chi connectivity index (χ3n) is 1.47. The molecule has 0 aliphatic carbocycles. The number of nitrogens with two attached hydrogens (primary N) is 1. The Morgan fingerprint density at radius 3 is 2.50 bits per heavy atom. The molecule has 0 bridgehead atoms. The maximum Gasteiger partial charge on any atom is 0.211 e. The van der Waals surface area contributed by atoms with Crippen LogP contribution in [0.2, 0.25) is 0 Å². The molecule has 0 rings (SSSR count). The second-order valence-electron chi connectivity index (χ2n) is 3.02. The summed E-state index contributed by atoms with van der Waals surface area (Å²) in [4.78, 5) is 0. The van der Waals surface area contributed by atoms with Crippen LogP contribution in [0.25, 0.3) is 0 Å². The summed E-state index contributed by atoms with van der Waals surface area (Å²) in [5.41, 5.74) is 5.43. The molecule has 0 saturated carbocycles. The van der Waals surface area contributed by atoms with Gasteiger partial charge in [-0.25, -0.2) is 13.1 Å². The zero-order valence-electron chi connectivity index (χ0n) is 8.20. The van der Waals surface area contributed by atoms with E-state index in [-0.39, 0.29) is 30.6 Å². The Hall–Kier alpha value is 0.0900. The normalized spacial score (nSPS) is 13.4. The summed E-state index contributed by atoms with van der Waals surface area (Å²) in [6.07, 6.45) is 0.641. The first-order chi connectivity index (χ1) is 5.98. The predicted molar refractivity (Wildman–Crippen MR) is 57.9 cm³/mol. The molecule has 0 fully saturated rings. The first kappa shape index (κ1) is 16.5. The van der Waals surface area contributed by atoms with Gasteiger partial charge in [-0.15, -0.1) is 12.4 Å². The standard InChI is InChI=1S/C7H17FN2O2S.ClH/c1-7(9)3-5-10-13(11,12)6-2-4-8;/h7,10H,2-6,9H2,1H3;1H. The van der Waals surface area contributed by atoms with Crippen molar-refractivity contribution < 1.29 is 12.8 Å². The van der Waals surface area contributed by atoms with Crippen LogP contribution in [0, 0.1) is 0 Å². The molecule has 14 heavy (non-hydrogen) atoms. The van der Waals surface area contributed by atoms with Crippen molar-refractivity contribution in [3.8, 4) is 0 Å². The van der Waals surface area contributed by atoms with Crippen molar-refractivity contribution in [1.82, 2.24) is 4.72 Å². The Bertz CT molecular complexity index is 222. The summed E-state index contributed by atoms with van der Waals surface area (Å²) in [5.74, 6) is -0.150. The van der Waals surface area contributed by atoms with Gasteiger partial charge >= 0.3 is 0 Å². The second-order valence-corrected chi connectivity index (χ2v) is 4.95. The van der Waals surface area contributed by atoms with E-state index in [1.165, 1.54) is 0 Å². The van der Waals surface area contributed by atoms with Crippen molar-refractivity contribution in [3.05, 3.63) is 0 Å². The van der Waals surface area contributed by atoms with Crippen molar-refractivity contribution in [2.75, 3.05) is 19.0 Å². The molecule has 3 N–H and O–H groups in total.